The third-order valence-electron chi connectivity index (χ3n) is 5.27. The molecule has 0 atom stereocenters. The van der Waals surface area contributed by atoms with Gasteiger partial charge in [0, 0.05) is 51.5 Å². The largest absolute Gasteiger partial charge is 0.379 e. The molecule has 31 heavy (non-hydrogen) atoms. The van der Waals surface area contributed by atoms with Crippen molar-refractivity contribution in [2.45, 2.75) is 19.3 Å². The zero-order valence-corrected chi connectivity index (χ0v) is 17.9. The number of aromatic nitrogens is 2. The number of hydrogen-bond acceptors (Lipinski definition) is 6. The molecule has 0 bridgehead atoms. The SMILES string of the molecule is O=C(CCN(CCc1ccccc1)C(=O)c1cnccn1)NCCCN1CCOCC1. The van der Waals surface area contributed by atoms with Crippen LogP contribution >= 0.6 is 0 Å². The molecule has 2 heterocycles. The zero-order chi connectivity index (χ0) is 21.7. The summed E-state index contributed by atoms with van der Waals surface area (Å²) in [5, 5.41) is 2.97. The monoisotopic (exact) mass is 425 g/mol. The highest BCUT2D eigenvalue weighted by Gasteiger charge is 2.18. The predicted octanol–water partition coefficient (Wildman–Crippen LogP) is 1.39. The first-order chi connectivity index (χ1) is 15.2. The number of benzene rings is 1. The standard InChI is InChI=1S/C23H31N5O3/c29-22(26-9-4-12-27-15-17-31-18-16-27)8-14-28(13-7-20-5-2-1-3-6-20)23(30)21-19-24-10-11-25-21/h1-3,5-6,10-11,19H,4,7-9,12-18H2,(H,26,29). The molecule has 2 aromatic rings. The smallest absolute Gasteiger partial charge is 0.274 e. The van der Waals surface area contributed by atoms with Crippen LogP contribution in [-0.4, -0.2) is 84.1 Å². The molecule has 1 N–H and O–H groups in total. The van der Waals surface area contributed by atoms with E-state index in [9.17, 15) is 9.59 Å². The molecule has 1 aliphatic rings. The number of morpholine rings is 1. The van der Waals surface area contributed by atoms with Crippen LogP contribution in [0.15, 0.2) is 48.9 Å². The molecule has 1 aromatic carbocycles. The highest BCUT2D eigenvalue weighted by atomic mass is 16.5. The average Bonchev–Trinajstić information content (AvgIpc) is 2.83. The van der Waals surface area contributed by atoms with Gasteiger partial charge in [-0.2, -0.15) is 0 Å². The van der Waals surface area contributed by atoms with E-state index in [-0.39, 0.29) is 18.2 Å². The topological polar surface area (TPSA) is 87.7 Å². The van der Waals surface area contributed by atoms with E-state index in [4.69, 9.17) is 4.74 Å². The van der Waals surface area contributed by atoms with Crippen molar-refractivity contribution >= 4 is 11.8 Å². The Labute approximate surface area is 183 Å². The Kier molecular flexibility index (Phi) is 9.40. The minimum Gasteiger partial charge on any atom is -0.379 e. The van der Waals surface area contributed by atoms with E-state index in [1.807, 2.05) is 30.3 Å². The first kappa shape index (κ1) is 22.8. The molecule has 1 aliphatic heterocycles. The van der Waals surface area contributed by atoms with Gasteiger partial charge in [-0.3, -0.25) is 19.5 Å². The fraction of sp³-hybridized carbons (Fsp3) is 0.478. The van der Waals surface area contributed by atoms with Crippen molar-refractivity contribution in [3.63, 3.8) is 0 Å². The van der Waals surface area contributed by atoms with Gasteiger partial charge in [0.2, 0.25) is 5.91 Å². The van der Waals surface area contributed by atoms with E-state index in [0.29, 0.717) is 31.7 Å². The lowest BCUT2D eigenvalue weighted by Crippen LogP contribution is -2.39. The quantitative estimate of drug-likeness (QED) is 0.548. The van der Waals surface area contributed by atoms with Crippen LogP contribution in [-0.2, 0) is 16.0 Å². The first-order valence-corrected chi connectivity index (χ1v) is 10.9. The summed E-state index contributed by atoms with van der Waals surface area (Å²) in [5.41, 5.74) is 1.44. The Balaban J connectivity index is 1.45. The molecule has 1 fully saturated rings. The molecule has 166 valence electrons. The fourth-order valence-electron chi connectivity index (χ4n) is 3.48. The number of ether oxygens (including phenoxy) is 1. The summed E-state index contributed by atoms with van der Waals surface area (Å²) in [4.78, 5) is 37.4. The molecule has 0 aliphatic carbocycles. The zero-order valence-electron chi connectivity index (χ0n) is 17.9. The molecule has 8 nitrogen and oxygen atoms in total. The first-order valence-electron chi connectivity index (χ1n) is 10.9. The van der Waals surface area contributed by atoms with Crippen molar-refractivity contribution in [1.82, 2.24) is 25.1 Å². The van der Waals surface area contributed by atoms with Crippen molar-refractivity contribution in [3.8, 4) is 0 Å². The molecule has 0 saturated carbocycles. The van der Waals surface area contributed by atoms with Gasteiger partial charge in [-0.05, 0) is 24.9 Å². The normalized spacial score (nSPS) is 14.2. The average molecular weight is 426 g/mol. The van der Waals surface area contributed by atoms with Crippen LogP contribution in [0.1, 0.15) is 28.9 Å². The van der Waals surface area contributed by atoms with Gasteiger partial charge in [-0.15, -0.1) is 0 Å². The van der Waals surface area contributed by atoms with Gasteiger partial charge in [0.15, 0.2) is 0 Å². The van der Waals surface area contributed by atoms with E-state index in [1.165, 1.54) is 18.6 Å². The maximum atomic E-state index is 12.9. The molecule has 0 spiro atoms. The maximum Gasteiger partial charge on any atom is 0.274 e. The summed E-state index contributed by atoms with van der Waals surface area (Å²) < 4.78 is 5.35. The third kappa shape index (κ3) is 8.07. The highest BCUT2D eigenvalue weighted by molar-refractivity contribution is 5.92. The van der Waals surface area contributed by atoms with Gasteiger partial charge in [0.05, 0.1) is 19.4 Å². The maximum absolute atomic E-state index is 12.9. The number of carbonyl (C=O) groups excluding carboxylic acids is 2. The van der Waals surface area contributed by atoms with Gasteiger partial charge in [0.25, 0.3) is 5.91 Å². The summed E-state index contributed by atoms with van der Waals surface area (Å²) in [6.07, 6.45) is 6.39. The summed E-state index contributed by atoms with van der Waals surface area (Å²) in [6.45, 7) is 5.93. The van der Waals surface area contributed by atoms with Crippen molar-refractivity contribution in [1.29, 1.82) is 0 Å². The molecule has 8 heteroatoms. The van der Waals surface area contributed by atoms with E-state index >= 15 is 0 Å². The van der Waals surface area contributed by atoms with Gasteiger partial charge in [-0.25, -0.2) is 4.98 Å². The van der Waals surface area contributed by atoms with Crippen LogP contribution in [0, 0.1) is 0 Å². The van der Waals surface area contributed by atoms with Crippen LogP contribution in [0.4, 0.5) is 0 Å². The van der Waals surface area contributed by atoms with E-state index < -0.39 is 0 Å². The second-order valence-corrected chi connectivity index (χ2v) is 7.53. The van der Waals surface area contributed by atoms with E-state index in [1.54, 1.807) is 4.90 Å². The summed E-state index contributed by atoms with van der Waals surface area (Å²) in [5.74, 6) is -0.247. The molecule has 2 amide bonds. The number of nitrogens with zero attached hydrogens (tertiary/aromatic N) is 4. The minimum absolute atomic E-state index is 0.0429. The lowest BCUT2D eigenvalue weighted by molar-refractivity contribution is -0.121. The Hall–Kier alpha value is -2.84. The summed E-state index contributed by atoms with van der Waals surface area (Å²) in [6, 6.07) is 10.00. The highest BCUT2D eigenvalue weighted by Crippen LogP contribution is 2.06. The number of rotatable bonds is 11. The van der Waals surface area contributed by atoms with E-state index in [0.717, 1.165) is 44.8 Å². The number of carbonyl (C=O) groups is 2. The third-order valence-corrected chi connectivity index (χ3v) is 5.27. The Morgan fingerprint density at radius 3 is 2.65 bits per heavy atom. The molecular weight excluding hydrogens is 394 g/mol. The van der Waals surface area contributed by atoms with Crippen LogP contribution in [0.25, 0.3) is 0 Å². The summed E-state index contributed by atoms with van der Waals surface area (Å²) in [7, 11) is 0. The molecule has 0 radical (unpaired) electrons. The van der Waals surface area contributed by atoms with Crippen LogP contribution < -0.4 is 5.32 Å². The molecule has 1 saturated heterocycles. The predicted molar refractivity (Wildman–Crippen MR) is 118 cm³/mol. The Bertz CT molecular complexity index is 797. The van der Waals surface area contributed by atoms with Crippen molar-refractivity contribution in [3.05, 3.63) is 60.2 Å². The second-order valence-electron chi connectivity index (χ2n) is 7.53. The van der Waals surface area contributed by atoms with Crippen molar-refractivity contribution in [2.24, 2.45) is 0 Å². The van der Waals surface area contributed by atoms with E-state index in [2.05, 4.69) is 20.2 Å². The van der Waals surface area contributed by atoms with Gasteiger partial charge in [-0.1, -0.05) is 30.3 Å². The minimum atomic E-state index is -0.204. The lowest BCUT2D eigenvalue weighted by Gasteiger charge is -2.26. The summed E-state index contributed by atoms with van der Waals surface area (Å²) >= 11 is 0. The second kappa shape index (κ2) is 12.8. The molecule has 3 rings (SSSR count). The van der Waals surface area contributed by atoms with Gasteiger partial charge in [0.1, 0.15) is 5.69 Å². The van der Waals surface area contributed by atoms with Crippen LogP contribution in [0.3, 0.4) is 0 Å². The molecule has 0 unspecified atom stereocenters. The lowest BCUT2D eigenvalue weighted by atomic mass is 10.1. The molecule has 1 aromatic heterocycles. The van der Waals surface area contributed by atoms with Gasteiger partial charge >= 0.3 is 0 Å². The number of amides is 2. The van der Waals surface area contributed by atoms with Crippen molar-refractivity contribution in [2.75, 3.05) is 52.5 Å². The molecular formula is C23H31N5O3. The van der Waals surface area contributed by atoms with Crippen LogP contribution in [0.5, 0.6) is 0 Å². The Morgan fingerprint density at radius 2 is 1.90 bits per heavy atom. The number of nitrogens with one attached hydrogen (secondary N) is 1. The van der Waals surface area contributed by atoms with Gasteiger partial charge < -0.3 is 15.0 Å². The number of hydrogen-bond donors (Lipinski definition) is 1. The van der Waals surface area contributed by atoms with Crippen LogP contribution in [0.2, 0.25) is 0 Å². The Morgan fingerprint density at radius 1 is 1.10 bits per heavy atom. The fourth-order valence-corrected chi connectivity index (χ4v) is 3.48. The van der Waals surface area contributed by atoms with Crippen molar-refractivity contribution < 1.29 is 14.3 Å².